The summed E-state index contributed by atoms with van der Waals surface area (Å²) in [5, 5.41) is 3.31. The van der Waals surface area contributed by atoms with Crippen molar-refractivity contribution in [1.82, 2.24) is 5.32 Å². The Morgan fingerprint density at radius 3 is 2.31 bits per heavy atom. The first-order chi connectivity index (χ1) is 7.63. The van der Waals surface area contributed by atoms with Crippen molar-refractivity contribution in [3.8, 4) is 0 Å². The summed E-state index contributed by atoms with van der Waals surface area (Å²) in [6.45, 7) is 2.93. The van der Waals surface area contributed by atoms with Crippen LogP contribution in [0.4, 0.5) is 0 Å². The van der Waals surface area contributed by atoms with E-state index in [2.05, 4.69) is 12.2 Å². The Bertz CT molecular complexity index is 316. The van der Waals surface area contributed by atoms with Gasteiger partial charge in [-0.25, -0.2) is 8.42 Å². The molecule has 0 heterocycles. The molecule has 1 unspecified atom stereocenters. The summed E-state index contributed by atoms with van der Waals surface area (Å²) in [5.74, 6) is 0.993. The molecular weight excluding hydrogens is 222 g/mol. The molecule has 0 radical (unpaired) electrons. The molecule has 1 N–H and O–H groups in total. The van der Waals surface area contributed by atoms with Crippen molar-refractivity contribution in [2.45, 2.75) is 56.7 Å². The highest BCUT2D eigenvalue weighted by Crippen LogP contribution is 2.34. The van der Waals surface area contributed by atoms with Crippen molar-refractivity contribution in [2.24, 2.45) is 5.92 Å². The number of nitrogens with one attached hydrogen (secondary N) is 1. The molecule has 0 amide bonds. The van der Waals surface area contributed by atoms with Crippen LogP contribution in [0.2, 0.25) is 0 Å². The predicted molar refractivity (Wildman–Crippen MR) is 66.2 cm³/mol. The van der Waals surface area contributed by atoms with Crippen molar-refractivity contribution in [1.29, 1.82) is 0 Å². The molecule has 0 saturated heterocycles. The molecule has 2 rings (SSSR count). The Morgan fingerprint density at radius 1 is 1.19 bits per heavy atom. The molecule has 2 aliphatic rings. The molecule has 2 aliphatic carbocycles. The summed E-state index contributed by atoms with van der Waals surface area (Å²) >= 11 is 0. The van der Waals surface area contributed by atoms with Crippen LogP contribution >= 0.6 is 0 Å². The highest BCUT2D eigenvalue weighted by molar-refractivity contribution is 7.92. The van der Waals surface area contributed by atoms with Crippen molar-refractivity contribution in [3.63, 3.8) is 0 Å². The van der Waals surface area contributed by atoms with Gasteiger partial charge in [0.15, 0.2) is 9.84 Å². The Kier molecular flexibility index (Phi) is 3.90. The van der Waals surface area contributed by atoms with E-state index in [9.17, 15) is 8.42 Å². The molecular formula is C12H23NO2S. The monoisotopic (exact) mass is 245 g/mol. The molecule has 0 bridgehead atoms. The second-order valence-corrected chi connectivity index (χ2v) is 7.56. The quantitative estimate of drug-likeness (QED) is 0.775. The van der Waals surface area contributed by atoms with Gasteiger partial charge in [-0.3, -0.25) is 0 Å². The number of rotatable bonds is 6. The van der Waals surface area contributed by atoms with Gasteiger partial charge in [0.25, 0.3) is 0 Å². The smallest absolute Gasteiger partial charge is 0.154 e. The minimum absolute atomic E-state index is 0.0348. The summed E-state index contributed by atoms with van der Waals surface area (Å²) in [5.41, 5.74) is 0. The van der Waals surface area contributed by atoms with Gasteiger partial charge in [0.1, 0.15) is 0 Å². The van der Waals surface area contributed by atoms with Gasteiger partial charge in [-0.15, -0.1) is 0 Å². The zero-order valence-electron chi connectivity index (χ0n) is 10.1. The molecule has 1 atom stereocenters. The molecule has 0 aromatic heterocycles. The second kappa shape index (κ2) is 5.05. The summed E-state index contributed by atoms with van der Waals surface area (Å²) in [6.07, 6.45) is 6.39. The highest BCUT2D eigenvalue weighted by Gasteiger charge is 2.37. The van der Waals surface area contributed by atoms with Crippen LogP contribution in [0.25, 0.3) is 0 Å². The lowest BCUT2D eigenvalue weighted by Crippen LogP contribution is -2.39. The van der Waals surface area contributed by atoms with E-state index in [0.717, 1.165) is 32.2 Å². The maximum atomic E-state index is 12.2. The lowest BCUT2D eigenvalue weighted by molar-refractivity contribution is 0.498. The summed E-state index contributed by atoms with van der Waals surface area (Å²) < 4.78 is 24.4. The Morgan fingerprint density at radius 2 is 1.81 bits per heavy atom. The molecule has 2 saturated carbocycles. The lowest BCUT2D eigenvalue weighted by Gasteiger charge is -2.19. The first-order valence-corrected chi connectivity index (χ1v) is 8.30. The standard InChI is InChI=1S/C12H23NO2S/c1-2-13-12(10-7-8-10)9-16(14,15)11-5-3-4-6-11/h10-13H,2-9H2,1H3. The lowest BCUT2D eigenvalue weighted by atomic mass is 10.2. The normalized spacial score (nSPS) is 24.8. The molecule has 3 nitrogen and oxygen atoms in total. The third-order valence-electron chi connectivity index (χ3n) is 3.88. The third kappa shape index (κ3) is 2.98. The van der Waals surface area contributed by atoms with E-state index >= 15 is 0 Å². The van der Waals surface area contributed by atoms with Crippen molar-refractivity contribution in [2.75, 3.05) is 12.3 Å². The average molecular weight is 245 g/mol. The second-order valence-electron chi connectivity index (χ2n) is 5.24. The zero-order valence-corrected chi connectivity index (χ0v) is 10.9. The van der Waals surface area contributed by atoms with E-state index in [1.54, 1.807) is 0 Å². The van der Waals surface area contributed by atoms with Crippen LogP contribution in [0.15, 0.2) is 0 Å². The first kappa shape index (κ1) is 12.4. The molecule has 0 aromatic rings. The van der Waals surface area contributed by atoms with Crippen LogP contribution in [0.3, 0.4) is 0 Å². The van der Waals surface area contributed by atoms with E-state index in [4.69, 9.17) is 0 Å². The van der Waals surface area contributed by atoms with E-state index in [1.165, 1.54) is 12.8 Å². The van der Waals surface area contributed by atoms with Gasteiger partial charge in [-0.05, 0) is 38.1 Å². The van der Waals surface area contributed by atoms with Crippen LogP contribution < -0.4 is 5.32 Å². The van der Waals surface area contributed by atoms with E-state index in [0.29, 0.717) is 11.7 Å². The van der Waals surface area contributed by atoms with Gasteiger partial charge in [0.2, 0.25) is 0 Å². The van der Waals surface area contributed by atoms with Crippen LogP contribution in [0.1, 0.15) is 45.4 Å². The van der Waals surface area contributed by atoms with Gasteiger partial charge >= 0.3 is 0 Å². The largest absolute Gasteiger partial charge is 0.313 e. The topological polar surface area (TPSA) is 46.2 Å². The fraction of sp³-hybridized carbons (Fsp3) is 1.00. The Hall–Kier alpha value is -0.0900. The average Bonchev–Trinajstić information content (AvgIpc) is 2.91. The fourth-order valence-electron chi connectivity index (χ4n) is 2.76. The van der Waals surface area contributed by atoms with Crippen LogP contribution in [0, 0.1) is 5.92 Å². The van der Waals surface area contributed by atoms with Crippen molar-refractivity contribution < 1.29 is 8.42 Å². The predicted octanol–water partition coefficient (Wildman–Crippen LogP) is 1.73. The van der Waals surface area contributed by atoms with Gasteiger partial charge in [0.05, 0.1) is 11.0 Å². The van der Waals surface area contributed by atoms with E-state index in [1.807, 2.05) is 0 Å². The van der Waals surface area contributed by atoms with Crippen molar-refractivity contribution >= 4 is 9.84 Å². The summed E-state index contributed by atoms with van der Waals surface area (Å²) in [4.78, 5) is 0. The number of hydrogen-bond donors (Lipinski definition) is 1. The number of sulfone groups is 1. The van der Waals surface area contributed by atoms with Gasteiger partial charge in [0, 0.05) is 6.04 Å². The molecule has 16 heavy (non-hydrogen) atoms. The molecule has 4 heteroatoms. The van der Waals surface area contributed by atoms with Crippen LogP contribution in [0.5, 0.6) is 0 Å². The molecule has 0 spiro atoms. The van der Waals surface area contributed by atoms with Gasteiger partial charge in [-0.1, -0.05) is 19.8 Å². The molecule has 0 aliphatic heterocycles. The molecule has 0 aromatic carbocycles. The van der Waals surface area contributed by atoms with Gasteiger partial charge in [-0.2, -0.15) is 0 Å². The first-order valence-electron chi connectivity index (χ1n) is 6.58. The zero-order chi connectivity index (χ0) is 11.6. The Labute approximate surface area is 98.9 Å². The maximum absolute atomic E-state index is 12.2. The van der Waals surface area contributed by atoms with Crippen LogP contribution in [-0.2, 0) is 9.84 Å². The molecule has 94 valence electrons. The highest BCUT2D eigenvalue weighted by atomic mass is 32.2. The Balaban J connectivity index is 1.94. The minimum Gasteiger partial charge on any atom is -0.313 e. The molecule has 2 fully saturated rings. The fourth-order valence-corrected chi connectivity index (χ4v) is 4.97. The maximum Gasteiger partial charge on any atom is 0.154 e. The SMILES string of the molecule is CCNC(CS(=O)(=O)C1CCCC1)C1CC1. The summed E-state index contributed by atoms with van der Waals surface area (Å²) in [6, 6.07) is 0.218. The minimum atomic E-state index is -2.85. The number of hydrogen-bond acceptors (Lipinski definition) is 3. The van der Waals surface area contributed by atoms with E-state index < -0.39 is 9.84 Å². The third-order valence-corrected chi connectivity index (χ3v) is 6.19. The van der Waals surface area contributed by atoms with E-state index in [-0.39, 0.29) is 11.3 Å². The van der Waals surface area contributed by atoms with Gasteiger partial charge < -0.3 is 5.32 Å². The van der Waals surface area contributed by atoms with Crippen molar-refractivity contribution in [3.05, 3.63) is 0 Å². The van der Waals surface area contributed by atoms with Crippen LogP contribution in [-0.4, -0.2) is 32.0 Å². The summed E-state index contributed by atoms with van der Waals surface area (Å²) in [7, 11) is -2.85.